The molecule has 0 aromatic carbocycles. The lowest BCUT2D eigenvalue weighted by Gasteiger charge is -2.33. The molecule has 118 valence electrons. The van der Waals surface area contributed by atoms with Crippen molar-refractivity contribution in [3.63, 3.8) is 0 Å². The van der Waals surface area contributed by atoms with E-state index in [1.54, 1.807) is 0 Å². The van der Waals surface area contributed by atoms with E-state index in [4.69, 9.17) is 4.74 Å². The van der Waals surface area contributed by atoms with Crippen LogP contribution in [0.15, 0.2) is 0 Å². The van der Waals surface area contributed by atoms with Crippen LogP contribution in [-0.2, 0) is 9.53 Å². The van der Waals surface area contributed by atoms with Crippen molar-refractivity contribution in [1.82, 2.24) is 5.32 Å². The smallest absolute Gasteiger partial charge is 0.223 e. The molecule has 0 radical (unpaired) electrons. The summed E-state index contributed by atoms with van der Waals surface area (Å²) in [5, 5.41) is 13.6. The molecule has 1 heterocycles. The van der Waals surface area contributed by atoms with Crippen molar-refractivity contribution in [3.05, 3.63) is 0 Å². The van der Waals surface area contributed by atoms with Gasteiger partial charge in [0.1, 0.15) is 0 Å². The number of nitrogens with one attached hydrogen (secondary N) is 1. The fourth-order valence-corrected chi connectivity index (χ4v) is 3.33. The van der Waals surface area contributed by atoms with Crippen LogP contribution in [0.2, 0.25) is 0 Å². The van der Waals surface area contributed by atoms with Gasteiger partial charge in [-0.2, -0.15) is 0 Å². The molecular formula is C16H31NO3. The molecule has 20 heavy (non-hydrogen) atoms. The minimum absolute atomic E-state index is 0.0271. The third-order valence-corrected chi connectivity index (χ3v) is 3.98. The van der Waals surface area contributed by atoms with Gasteiger partial charge < -0.3 is 15.2 Å². The normalized spacial score (nSPS) is 27.4. The van der Waals surface area contributed by atoms with E-state index in [1.165, 1.54) is 0 Å². The van der Waals surface area contributed by atoms with Crippen LogP contribution in [0, 0.1) is 0 Å². The summed E-state index contributed by atoms with van der Waals surface area (Å²) in [4.78, 5) is 12.2. The molecule has 2 unspecified atom stereocenters. The average molecular weight is 285 g/mol. The van der Waals surface area contributed by atoms with Gasteiger partial charge in [0.05, 0.1) is 24.2 Å². The van der Waals surface area contributed by atoms with Gasteiger partial charge in [0.25, 0.3) is 0 Å². The van der Waals surface area contributed by atoms with Crippen LogP contribution in [0.25, 0.3) is 0 Å². The Hall–Kier alpha value is -0.610. The molecule has 1 saturated heterocycles. The first-order valence-electron chi connectivity index (χ1n) is 8.05. The molecule has 1 rings (SSSR count). The van der Waals surface area contributed by atoms with E-state index in [2.05, 4.69) is 5.32 Å². The van der Waals surface area contributed by atoms with Gasteiger partial charge in [-0.15, -0.1) is 0 Å². The SMILES string of the molecule is CCCC(O)(CCC)CC(=O)NC1CC(C)OC(C)C1. The predicted molar refractivity (Wildman–Crippen MR) is 80.6 cm³/mol. The Bertz CT molecular complexity index is 290. The largest absolute Gasteiger partial charge is 0.389 e. The van der Waals surface area contributed by atoms with E-state index in [-0.39, 0.29) is 30.6 Å². The second kappa shape index (κ2) is 7.99. The van der Waals surface area contributed by atoms with E-state index in [9.17, 15) is 9.90 Å². The zero-order valence-electron chi connectivity index (χ0n) is 13.4. The lowest BCUT2D eigenvalue weighted by atomic mass is 9.88. The van der Waals surface area contributed by atoms with Crippen molar-refractivity contribution < 1.29 is 14.6 Å². The molecule has 4 heteroatoms. The van der Waals surface area contributed by atoms with Crippen LogP contribution in [0.1, 0.15) is 72.6 Å². The Balaban J connectivity index is 2.48. The quantitative estimate of drug-likeness (QED) is 0.756. The first-order valence-corrected chi connectivity index (χ1v) is 8.05. The molecular weight excluding hydrogens is 254 g/mol. The summed E-state index contributed by atoms with van der Waals surface area (Å²) in [5.41, 5.74) is -0.837. The molecule has 0 aromatic rings. The summed E-state index contributed by atoms with van der Waals surface area (Å²) in [5.74, 6) is -0.0271. The maximum atomic E-state index is 12.2. The van der Waals surface area contributed by atoms with Gasteiger partial charge >= 0.3 is 0 Å². The van der Waals surface area contributed by atoms with Gasteiger partial charge in [0, 0.05) is 6.04 Å². The van der Waals surface area contributed by atoms with Gasteiger partial charge in [0.15, 0.2) is 0 Å². The van der Waals surface area contributed by atoms with Crippen LogP contribution < -0.4 is 5.32 Å². The van der Waals surface area contributed by atoms with E-state index >= 15 is 0 Å². The van der Waals surface area contributed by atoms with Crippen LogP contribution in [0.5, 0.6) is 0 Å². The Labute approximate surface area is 123 Å². The highest BCUT2D eigenvalue weighted by molar-refractivity contribution is 5.77. The van der Waals surface area contributed by atoms with Gasteiger partial charge in [-0.05, 0) is 39.5 Å². The van der Waals surface area contributed by atoms with Crippen LogP contribution in [0.4, 0.5) is 0 Å². The molecule has 1 fully saturated rings. The summed E-state index contributed by atoms with van der Waals surface area (Å²) in [6.45, 7) is 8.17. The summed E-state index contributed by atoms with van der Waals surface area (Å²) < 4.78 is 5.68. The number of aliphatic hydroxyl groups is 1. The Morgan fingerprint density at radius 1 is 1.20 bits per heavy atom. The summed E-state index contributed by atoms with van der Waals surface area (Å²) in [6.07, 6.45) is 5.48. The van der Waals surface area contributed by atoms with Crippen molar-refractivity contribution in [3.8, 4) is 0 Å². The third kappa shape index (κ3) is 5.80. The van der Waals surface area contributed by atoms with Crippen LogP contribution in [0.3, 0.4) is 0 Å². The summed E-state index contributed by atoms with van der Waals surface area (Å²) in [7, 11) is 0. The first kappa shape index (κ1) is 17.4. The highest BCUT2D eigenvalue weighted by atomic mass is 16.5. The van der Waals surface area contributed by atoms with Gasteiger partial charge in [-0.1, -0.05) is 26.7 Å². The zero-order valence-corrected chi connectivity index (χ0v) is 13.4. The van der Waals surface area contributed by atoms with Crippen molar-refractivity contribution in [2.24, 2.45) is 0 Å². The number of carbonyl (C=O) groups is 1. The zero-order chi connectivity index (χ0) is 15.2. The Kier molecular flexibility index (Phi) is 6.96. The van der Waals surface area contributed by atoms with E-state index < -0.39 is 5.60 Å². The molecule has 1 aliphatic heterocycles. The lowest BCUT2D eigenvalue weighted by Crippen LogP contribution is -2.46. The fourth-order valence-electron chi connectivity index (χ4n) is 3.33. The Morgan fingerprint density at radius 3 is 2.15 bits per heavy atom. The minimum Gasteiger partial charge on any atom is -0.389 e. The van der Waals surface area contributed by atoms with Crippen molar-refractivity contribution in [2.75, 3.05) is 0 Å². The molecule has 0 aliphatic carbocycles. The third-order valence-electron chi connectivity index (χ3n) is 3.98. The maximum Gasteiger partial charge on any atom is 0.223 e. The second-order valence-electron chi connectivity index (χ2n) is 6.39. The Morgan fingerprint density at radius 2 is 1.70 bits per heavy atom. The van der Waals surface area contributed by atoms with Crippen molar-refractivity contribution in [2.45, 2.75) is 96.5 Å². The lowest BCUT2D eigenvalue weighted by molar-refractivity contribution is -0.129. The van der Waals surface area contributed by atoms with Crippen molar-refractivity contribution in [1.29, 1.82) is 0 Å². The molecule has 1 aliphatic rings. The predicted octanol–water partition coefficient (Wildman–Crippen LogP) is 2.78. The van der Waals surface area contributed by atoms with E-state index in [0.29, 0.717) is 12.8 Å². The number of amides is 1. The molecule has 2 atom stereocenters. The van der Waals surface area contributed by atoms with Gasteiger partial charge in [0.2, 0.25) is 5.91 Å². The number of hydrogen-bond donors (Lipinski definition) is 2. The highest BCUT2D eigenvalue weighted by Crippen LogP contribution is 2.24. The first-order chi connectivity index (χ1) is 9.38. The fraction of sp³-hybridized carbons (Fsp3) is 0.938. The molecule has 0 saturated carbocycles. The number of rotatable bonds is 7. The highest BCUT2D eigenvalue weighted by Gasteiger charge is 2.31. The standard InChI is InChI=1S/C16H31NO3/c1-5-7-16(19,8-6-2)11-15(18)17-14-9-12(3)20-13(4)10-14/h12-14,19H,5-11H2,1-4H3,(H,17,18). The van der Waals surface area contributed by atoms with Crippen LogP contribution in [-0.4, -0.2) is 34.9 Å². The summed E-state index contributed by atoms with van der Waals surface area (Å²) in [6, 6.07) is 0.175. The van der Waals surface area contributed by atoms with Gasteiger partial charge in [-0.25, -0.2) is 0 Å². The molecule has 0 aromatic heterocycles. The van der Waals surface area contributed by atoms with E-state index in [1.807, 2.05) is 27.7 Å². The second-order valence-corrected chi connectivity index (χ2v) is 6.39. The van der Waals surface area contributed by atoms with Gasteiger partial charge in [-0.3, -0.25) is 4.79 Å². The number of ether oxygens (including phenoxy) is 1. The topological polar surface area (TPSA) is 58.6 Å². The molecule has 0 spiro atoms. The number of hydrogen-bond acceptors (Lipinski definition) is 3. The monoisotopic (exact) mass is 285 g/mol. The van der Waals surface area contributed by atoms with E-state index in [0.717, 1.165) is 25.7 Å². The molecule has 0 bridgehead atoms. The minimum atomic E-state index is -0.837. The van der Waals surface area contributed by atoms with Crippen LogP contribution >= 0.6 is 0 Å². The molecule has 2 N–H and O–H groups in total. The van der Waals surface area contributed by atoms with Crippen molar-refractivity contribution >= 4 is 5.91 Å². The maximum absolute atomic E-state index is 12.2. The summed E-state index contributed by atoms with van der Waals surface area (Å²) >= 11 is 0. The molecule has 4 nitrogen and oxygen atoms in total. The average Bonchev–Trinajstić information content (AvgIpc) is 2.26. The molecule has 1 amide bonds. The number of carbonyl (C=O) groups excluding carboxylic acids is 1.